The molecule has 1 saturated heterocycles. The van der Waals surface area contributed by atoms with Gasteiger partial charge in [-0.2, -0.15) is 0 Å². The average Bonchev–Trinajstić information content (AvgIpc) is 2.30. The van der Waals surface area contributed by atoms with Crippen molar-refractivity contribution in [1.29, 1.82) is 0 Å². The molecule has 0 aromatic heterocycles. The summed E-state index contributed by atoms with van der Waals surface area (Å²) in [6, 6.07) is 0. The van der Waals surface area contributed by atoms with E-state index >= 15 is 0 Å². The summed E-state index contributed by atoms with van der Waals surface area (Å²) >= 11 is 0. The van der Waals surface area contributed by atoms with Crippen LogP contribution in [0.2, 0.25) is 0 Å². The van der Waals surface area contributed by atoms with Crippen LogP contribution in [-0.4, -0.2) is 47.4 Å². The van der Waals surface area contributed by atoms with Crippen molar-refractivity contribution in [1.82, 2.24) is 5.32 Å². The minimum atomic E-state index is -1.89. The molecule has 6 nitrogen and oxygen atoms in total. The lowest BCUT2D eigenvalue weighted by Crippen LogP contribution is -2.65. The number of nitrogens with one attached hydrogen (secondary N) is 1. The summed E-state index contributed by atoms with van der Waals surface area (Å²) in [5.41, 5.74) is -3.08. The van der Waals surface area contributed by atoms with Crippen LogP contribution in [0.25, 0.3) is 0 Å². The van der Waals surface area contributed by atoms with Crippen molar-refractivity contribution in [2.45, 2.75) is 32.3 Å². The van der Waals surface area contributed by atoms with Crippen LogP contribution in [0.5, 0.6) is 0 Å². The molecule has 1 rings (SSSR count). The van der Waals surface area contributed by atoms with Gasteiger partial charge in [-0.15, -0.1) is 0 Å². The van der Waals surface area contributed by atoms with Gasteiger partial charge in [0.05, 0.1) is 6.61 Å². The number of morpholine rings is 1. The summed E-state index contributed by atoms with van der Waals surface area (Å²) < 4.78 is 5.57. The third-order valence-electron chi connectivity index (χ3n) is 3.68. The molecule has 1 atom stereocenters. The molecule has 17 heavy (non-hydrogen) atoms. The van der Waals surface area contributed by atoms with E-state index < -0.39 is 23.0 Å². The van der Waals surface area contributed by atoms with Crippen LogP contribution in [0.1, 0.15) is 26.7 Å². The number of aliphatic carboxylic acids is 2. The summed E-state index contributed by atoms with van der Waals surface area (Å²) in [6.07, 6.45) is 0.333. The number of carboxylic acids is 2. The van der Waals surface area contributed by atoms with Gasteiger partial charge in [-0.25, -0.2) is 0 Å². The van der Waals surface area contributed by atoms with Gasteiger partial charge in [-0.3, -0.25) is 9.59 Å². The largest absolute Gasteiger partial charge is 0.480 e. The zero-order valence-corrected chi connectivity index (χ0v) is 10.2. The first kappa shape index (κ1) is 13.9. The second-order valence-corrected chi connectivity index (χ2v) is 4.24. The van der Waals surface area contributed by atoms with E-state index in [0.717, 1.165) is 0 Å². The molecule has 0 saturated carbocycles. The standard InChI is InChI=1S/C11H19NO5/c1-3-10(7-12-5-6-17-10)11(4-2,8(13)14)9(15)16/h12H,3-7H2,1-2H3,(H,13,14)(H,15,16). The van der Waals surface area contributed by atoms with Crippen molar-refractivity contribution in [2.75, 3.05) is 19.7 Å². The van der Waals surface area contributed by atoms with Gasteiger partial charge in [-0.05, 0) is 12.8 Å². The molecule has 0 spiro atoms. The minimum Gasteiger partial charge on any atom is -0.480 e. The van der Waals surface area contributed by atoms with Crippen LogP contribution in [0.15, 0.2) is 0 Å². The number of hydrogen-bond acceptors (Lipinski definition) is 4. The molecule has 0 aromatic rings. The lowest BCUT2D eigenvalue weighted by Gasteiger charge is -2.46. The smallest absolute Gasteiger partial charge is 0.324 e. The highest BCUT2D eigenvalue weighted by Crippen LogP contribution is 2.42. The molecule has 0 radical (unpaired) electrons. The number of rotatable bonds is 5. The first-order chi connectivity index (χ1) is 7.97. The Hall–Kier alpha value is -1.14. The highest BCUT2D eigenvalue weighted by molar-refractivity contribution is 6.00. The fourth-order valence-electron chi connectivity index (χ4n) is 2.57. The van der Waals surface area contributed by atoms with E-state index in [1.54, 1.807) is 13.8 Å². The van der Waals surface area contributed by atoms with E-state index in [0.29, 0.717) is 19.6 Å². The van der Waals surface area contributed by atoms with Crippen LogP contribution >= 0.6 is 0 Å². The molecule has 1 fully saturated rings. The Morgan fingerprint density at radius 3 is 2.24 bits per heavy atom. The van der Waals surface area contributed by atoms with Gasteiger partial charge in [0.2, 0.25) is 0 Å². The maximum atomic E-state index is 11.5. The van der Waals surface area contributed by atoms with E-state index in [4.69, 9.17) is 4.74 Å². The molecule has 3 N–H and O–H groups in total. The second-order valence-electron chi connectivity index (χ2n) is 4.24. The normalized spacial score (nSPS) is 25.5. The number of carboxylic acid groups (broad SMARTS) is 2. The Labute approximate surface area is 100.0 Å². The SMILES string of the molecule is CCC1(C(CC)(C(=O)O)C(=O)O)CNCCO1. The van der Waals surface area contributed by atoms with Gasteiger partial charge in [0.25, 0.3) is 0 Å². The predicted octanol–water partition coefficient (Wildman–Crippen LogP) is 0.321. The molecular weight excluding hydrogens is 226 g/mol. The molecule has 0 aliphatic carbocycles. The van der Waals surface area contributed by atoms with Crippen molar-refractivity contribution >= 4 is 11.9 Å². The summed E-state index contributed by atoms with van der Waals surface area (Å²) in [5.74, 6) is -2.67. The molecule has 0 amide bonds. The van der Waals surface area contributed by atoms with Gasteiger partial charge in [0, 0.05) is 13.1 Å². The fraction of sp³-hybridized carbons (Fsp3) is 0.818. The summed E-state index contributed by atoms with van der Waals surface area (Å²) in [5, 5.41) is 21.7. The Morgan fingerprint density at radius 1 is 1.35 bits per heavy atom. The van der Waals surface area contributed by atoms with Crippen LogP contribution in [0.3, 0.4) is 0 Å². The second kappa shape index (κ2) is 5.01. The molecule has 1 aliphatic rings. The number of carbonyl (C=O) groups is 2. The molecule has 1 aliphatic heterocycles. The third-order valence-corrected chi connectivity index (χ3v) is 3.68. The zero-order chi connectivity index (χ0) is 13.1. The lowest BCUT2D eigenvalue weighted by atomic mass is 9.67. The van der Waals surface area contributed by atoms with Crippen molar-refractivity contribution in [3.05, 3.63) is 0 Å². The van der Waals surface area contributed by atoms with Crippen molar-refractivity contribution < 1.29 is 24.5 Å². The van der Waals surface area contributed by atoms with Gasteiger partial charge in [0.15, 0.2) is 5.41 Å². The number of hydrogen-bond donors (Lipinski definition) is 3. The Balaban J connectivity index is 3.27. The van der Waals surface area contributed by atoms with E-state index in [-0.39, 0.29) is 13.0 Å². The Morgan fingerprint density at radius 2 is 1.94 bits per heavy atom. The minimum absolute atomic E-state index is 0.00676. The van der Waals surface area contributed by atoms with Crippen LogP contribution in [-0.2, 0) is 14.3 Å². The van der Waals surface area contributed by atoms with Gasteiger partial charge in [0.1, 0.15) is 5.60 Å². The molecule has 98 valence electrons. The van der Waals surface area contributed by atoms with Gasteiger partial charge >= 0.3 is 11.9 Å². The molecule has 1 unspecified atom stereocenters. The quantitative estimate of drug-likeness (QED) is 0.604. The van der Waals surface area contributed by atoms with E-state index in [9.17, 15) is 19.8 Å². The molecule has 0 aromatic carbocycles. The van der Waals surface area contributed by atoms with Crippen molar-refractivity contribution in [3.63, 3.8) is 0 Å². The van der Waals surface area contributed by atoms with Gasteiger partial charge in [-0.1, -0.05) is 13.8 Å². The highest BCUT2D eigenvalue weighted by atomic mass is 16.5. The zero-order valence-electron chi connectivity index (χ0n) is 10.2. The topological polar surface area (TPSA) is 95.9 Å². The van der Waals surface area contributed by atoms with Gasteiger partial charge < -0.3 is 20.3 Å². The first-order valence-corrected chi connectivity index (χ1v) is 5.78. The fourth-order valence-corrected chi connectivity index (χ4v) is 2.57. The van der Waals surface area contributed by atoms with E-state index in [1.165, 1.54) is 0 Å². The molecular formula is C11H19NO5. The van der Waals surface area contributed by atoms with E-state index in [2.05, 4.69) is 5.32 Å². The van der Waals surface area contributed by atoms with Crippen LogP contribution < -0.4 is 5.32 Å². The van der Waals surface area contributed by atoms with Crippen LogP contribution in [0, 0.1) is 5.41 Å². The lowest BCUT2D eigenvalue weighted by molar-refractivity contribution is -0.201. The third kappa shape index (κ3) is 1.91. The molecule has 1 heterocycles. The maximum Gasteiger partial charge on any atom is 0.324 e. The molecule has 0 bridgehead atoms. The average molecular weight is 245 g/mol. The predicted molar refractivity (Wildman–Crippen MR) is 59.8 cm³/mol. The Bertz CT molecular complexity index is 295. The van der Waals surface area contributed by atoms with Crippen molar-refractivity contribution in [3.8, 4) is 0 Å². The van der Waals surface area contributed by atoms with Crippen LogP contribution in [0.4, 0.5) is 0 Å². The summed E-state index contributed by atoms with van der Waals surface area (Å²) in [4.78, 5) is 22.9. The van der Waals surface area contributed by atoms with Crippen molar-refractivity contribution in [2.24, 2.45) is 5.41 Å². The Kier molecular flexibility index (Phi) is 4.11. The van der Waals surface area contributed by atoms with E-state index in [1.807, 2.05) is 0 Å². The highest BCUT2D eigenvalue weighted by Gasteiger charge is 2.62. The first-order valence-electron chi connectivity index (χ1n) is 5.78. The maximum absolute atomic E-state index is 11.5. The number of ether oxygens (including phenoxy) is 1. The monoisotopic (exact) mass is 245 g/mol. The molecule has 6 heteroatoms. The summed E-state index contributed by atoms with van der Waals surface area (Å²) in [7, 11) is 0. The summed E-state index contributed by atoms with van der Waals surface area (Å²) in [6.45, 7) is 4.51.